The van der Waals surface area contributed by atoms with Gasteiger partial charge in [0.05, 0.1) is 13.0 Å². The summed E-state index contributed by atoms with van der Waals surface area (Å²) < 4.78 is 4.94. The fraction of sp³-hybridized carbons (Fsp3) is 0.917. The van der Waals surface area contributed by atoms with Crippen molar-refractivity contribution in [3.8, 4) is 0 Å². The van der Waals surface area contributed by atoms with Crippen molar-refractivity contribution < 1.29 is 9.53 Å². The maximum atomic E-state index is 11.8. The first kappa shape index (κ1) is 13.5. The fourth-order valence-corrected chi connectivity index (χ4v) is 2.15. The summed E-state index contributed by atoms with van der Waals surface area (Å²) in [4.78, 5) is 13.8. The average Bonchev–Trinajstić information content (AvgIpc) is 2.34. The monoisotopic (exact) mass is 228 g/mol. The smallest absolute Gasteiger partial charge is 0.224 e. The van der Waals surface area contributed by atoms with E-state index in [-0.39, 0.29) is 5.91 Å². The summed E-state index contributed by atoms with van der Waals surface area (Å²) in [5.41, 5.74) is 0. The van der Waals surface area contributed by atoms with Crippen LogP contribution in [0.4, 0.5) is 0 Å². The Morgan fingerprint density at radius 2 is 2.38 bits per heavy atom. The molecule has 1 fully saturated rings. The zero-order valence-corrected chi connectivity index (χ0v) is 10.5. The van der Waals surface area contributed by atoms with Gasteiger partial charge in [-0.1, -0.05) is 0 Å². The molecule has 1 amide bonds. The van der Waals surface area contributed by atoms with Gasteiger partial charge in [0.15, 0.2) is 0 Å². The summed E-state index contributed by atoms with van der Waals surface area (Å²) >= 11 is 0. The predicted molar refractivity (Wildman–Crippen MR) is 64.3 cm³/mol. The van der Waals surface area contributed by atoms with Gasteiger partial charge in [-0.3, -0.25) is 4.79 Å². The van der Waals surface area contributed by atoms with E-state index in [0.717, 1.165) is 26.2 Å². The number of hydrogen-bond acceptors (Lipinski definition) is 3. The van der Waals surface area contributed by atoms with Gasteiger partial charge in [0.2, 0.25) is 5.91 Å². The number of amides is 1. The van der Waals surface area contributed by atoms with Gasteiger partial charge < -0.3 is 15.0 Å². The highest BCUT2D eigenvalue weighted by atomic mass is 16.5. The average molecular weight is 228 g/mol. The van der Waals surface area contributed by atoms with Crippen molar-refractivity contribution in [2.75, 3.05) is 39.9 Å². The van der Waals surface area contributed by atoms with E-state index in [4.69, 9.17) is 4.74 Å². The maximum absolute atomic E-state index is 11.8. The highest BCUT2D eigenvalue weighted by Crippen LogP contribution is 2.12. The number of carbonyl (C=O) groups is 1. The van der Waals surface area contributed by atoms with E-state index in [9.17, 15) is 4.79 Å². The normalized spacial score (nSPS) is 20.8. The number of carbonyl (C=O) groups excluding carboxylic acids is 1. The van der Waals surface area contributed by atoms with Crippen LogP contribution < -0.4 is 5.32 Å². The lowest BCUT2D eigenvalue weighted by Gasteiger charge is -2.29. The molecule has 0 aromatic rings. The Morgan fingerprint density at radius 3 is 2.94 bits per heavy atom. The molecule has 0 spiro atoms. The van der Waals surface area contributed by atoms with Crippen molar-refractivity contribution in [3.63, 3.8) is 0 Å². The molecule has 0 aromatic heterocycles. The number of nitrogens with zero attached hydrogens (tertiary/aromatic N) is 1. The number of hydrogen-bond donors (Lipinski definition) is 1. The van der Waals surface area contributed by atoms with Crippen LogP contribution >= 0.6 is 0 Å². The van der Waals surface area contributed by atoms with Crippen LogP contribution in [-0.4, -0.2) is 50.7 Å². The van der Waals surface area contributed by atoms with Gasteiger partial charge in [0.1, 0.15) is 0 Å². The minimum absolute atomic E-state index is 0.218. The van der Waals surface area contributed by atoms with E-state index >= 15 is 0 Å². The van der Waals surface area contributed by atoms with Crippen molar-refractivity contribution in [2.45, 2.75) is 26.2 Å². The Morgan fingerprint density at radius 1 is 1.56 bits per heavy atom. The van der Waals surface area contributed by atoms with E-state index < -0.39 is 0 Å². The van der Waals surface area contributed by atoms with Gasteiger partial charge in [0, 0.05) is 20.2 Å². The summed E-state index contributed by atoms with van der Waals surface area (Å²) in [6.07, 6.45) is 2.97. The van der Waals surface area contributed by atoms with E-state index in [1.54, 1.807) is 7.11 Å². The quantitative estimate of drug-likeness (QED) is 0.733. The van der Waals surface area contributed by atoms with Crippen LogP contribution in [-0.2, 0) is 9.53 Å². The van der Waals surface area contributed by atoms with Crippen LogP contribution in [0.3, 0.4) is 0 Å². The summed E-state index contributed by atoms with van der Waals surface area (Å²) in [5, 5.41) is 3.38. The van der Waals surface area contributed by atoms with Gasteiger partial charge in [0.25, 0.3) is 0 Å². The number of piperidine rings is 1. The molecule has 1 heterocycles. The molecule has 1 saturated heterocycles. The molecule has 1 atom stereocenters. The van der Waals surface area contributed by atoms with E-state index in [2.05, 4.69) is 5.32 Å². The van der Waals surface area contributed by atoms with Crippen LogP contribution in [0.5, 0.6) is 0 Å². The molecule has 1 aliphatic rings. The minimum Gasteiger partial charge on any atom is -0.384 e. The highest BCUT2D eigenvalue weighted by molar-refractivity contribution is 5.76. The third-order valence-electron chi connectivity index (χ3n) is 3.13. The molecule has 0 aromatic carbocycles. The molecule has 0 bridgehead atoms. The van der Waals surface area contributed by atoms with Crippen LogP contribution in [0.25, 0.3) is 0 Å². The molecular weight excluding hydrogens is 204 g/mol. The molecule has 94 valence electrons. The van der Waals surface area contributed by atoms with Crippen molar-refractivity contribution in [1.82, 2.24) is 10.2 Å². The molecule has 4 nitrogen and oxygen atoms in total. The third kappa shape index (κ3) is 4.49. The van der Waals surface area contributed by atoms with Gasteiger partial charge in [-0.25, -0.2) is 0 Å². The van der Waals surface area contributed by atoms with Crippen LogP contribution in [0.15, 0.2) is 0 Å². The first-order valence-corrected chi connectivity index (χ1v) is 6.25. The minimum atomic E-state index is 0.218. The highest BCUT2D eigenvalue weighted by Gasteiger charge is 2.19. The molecular formula is C12H24N2O2. The zero-order valence-electron chi connectivity index (χ0n) is 10.5. The number of ether oxygens (including phenoxy) is 1. The summed E-state index contributed by atoms with van der Waals surface area (Å²) in [5.74, 6) is 0.843. The molecule has 0 aliphatic carbocycles. The fourth-order valence-electron chi connectivity index (χ4n) is 2.15. The lowest BCUT2D eigenvalue weighted by Crippen LogP contribution is -2.41. The number of rotatable bonds is 6. The molecule has 16 heavy (non-hydrogen) atoms. The second kappa shape index (κ2) is 7.63. The second-order valence-corrected chi connectivity index (χ2v) is 4.39. The van der Waals surface area contributed by atoms with Crippen molar-refractivity contribution in [3.05, 3.63) is 0 Å². The van der Waals surface area contributed by atoms with Gasteiger partial charge >= 0.3 is 0 Å². The Bertz CT molecular complexity index is 203. The van der Waals surface area contributed by atoms with E-state index in [0.29, 0.717) is 18.9 Å². The maximum Gasteiger partial charge on any atom is 0.224 e. The molecule has 4 heteroatoms. The topological polar surface area (TPSA) is 41.6 Å². The molecule has 0 radical (unpaired) electrons. The Hall–Kier alpha value is -0.610. The molecule has 0 saturated carbocycles. The molecule has 1 aliphatic heterocycles. The molecule has 1 unspecified atom stereocenters. The Kier molecular flexibility index (Phi) is 6.42. The Balaban J connectivity index is 2.31. The summed E-state index contributed by atoms with van der Waals surface area (Å²) in [6, 6.07) is 0. The Labute approximate surface area is 98.3 Å². The number of methoxy groups -OCH3 is 1. The lowest BCUT2D eigenvalue weighted by atomic mass is 9.99. The van der Waals surface area contributed by atoms with Crippen molar-refractivity contribution >= 4 is 5.91 Å². The van der Waals surface area contributed by atoms with E-state index in [1.807, 2.05) is 11.8 Å². The third-order valence-corrected chi connectivity index (χ3v) is 3.13. The molecule has 1 N–H and O–H groups in total. The van der Waals surface area contributed by atoms with Crippen molar-refractivity contribution in [2.24, 2.45) is 5.92 Å². The van der Waals surface area contributed by atoms with Crippen LogP contribution in [0, 0.1) is 5.92 Å². The molecule has 1 rings (SSSR count). The van der Waals surface area contributed by atoms with Gasteiger partial charge in [-0.2, -0.15) is 0 Å². The lowest BCUT2D eigenvalue weighted by molar-refractivity contribution is -0.132. The van der Waals surface area contributed by atoms with Gasteiger partial charge in [-0.15, -0.1) is 0 Å². The summed E-state index contributed by atoms with van der Waals surface area (Å²) in [7, 11) is 1.63. The predicted octanol–water partition coefficient (Wildman–Crippen LogP) is 0.871. The van der Waals surface area contributed by atoms with Gasteiger partial charge in [-0.05, 0) is 38.8 Å². The first-order chi connectivity index (χ1) is 7.77. The second-order valence-electron chi connectivity index (χ2n) is 4.39. The summed E-state index contributed by atoms with van der Waals surface area (Å²) in [6.45, 7) is 6.44. The standard InChI is InChI=1S/C12H24N2O2/c1-3-14(12(15)6-8-16-2)10-11-5-4-7-13-9-11/h11,13H,3-10H2,1-2H3. The van der Waals surface area contributed by atoms with Crippen LogP contribution in [0.1, 0.15) is 26.2 Å². The zero-order chi connectivity index (χ0) is 11.8. The SMILES string of the molecule is CCN(CC1CCCNC1)C(=O)CCOC. The van der Waals surface area contributed by atoms with E-state index in [1.165, 1.54) is 12.8 Å². The first-order valence-electron chi connectivity index (χ1n) is 6.25. The number of nitrogens with one attached hydrogen (secondary N) is 1. The van der Waals surface area contributed by atoms with Crippen LogP contribution in [0.2, 0.25) is 0 Å². The van der Waals surface area contributed by atoms with Crippen molar-refractivity contribution in [1.29, 1.82) is 0 Å². The largest absolute Gasteiger partial charge is 0.384 e.